The smallest absolute Gasteiger partial charge is 0.341 e. The van der Waals surface area contributed by atoms with Gasteiger partial charge in [0.15, 0.2) is 11.4 Å². The van der Waals surface area contributed by atoms with Crippen LogP contribution in [0.1, 0.15) is 27.3 Å². The highest BCUT2D eigenvalue weighted by atomic mass is 16.5. The second-order valence-electron chi connectivity index (χ2n) is 5.78. The molecular weight excluding hydrogens is 306 g/mol. The summed E-state index contributed by atoms with van der Waals surface area (Å²) < 4.78 is 6.51. The monoisotopic (exact) mass is 323 g/mol. The molecule has 9 nitrogen and oxygen atoms in total. The van der Waals surface area contributed by atoms with Crippen LogP contribution in [0.4, 0.5) is 0 Å². The molecule has 3 heterocycles. The van der Waals surface area contributed by atoms with Crippen LogP contribution >= 0.6 is 0 Å². The van der Waals surface area contributed by atoms with Gasteiger partial charge in [-0.2, -0.15) is 0 Å². The van der Waals surface area contributed by atoms with Crippen molar-refractivity contribution in [2.45, 2.75) is 6.42 Å². The van der Waals surface area contributed by atoms with E-state index in [-0.39, 0.29) is 18.3 Å². The fourth-order valence-electron chi connectivity index (χ4n) is 2.92. The van der Waals surface area contributed by atoms with Gasteiger partial charge in [0.2, 0.25) is 5.43 Å². The predicted octanol–water partition coefficient (Wildman–Crippen LogP) is -0.730. The van der Waals surface area contributed by atoms with Crippen molar-refractivity contribution in [3.05, 3.63) is 27.7 Å². The molecule has 1 atom stereocenters. The fourth-order valence-corrected chi connectivity index (χ4v) is 2.92. The number of amides is 1. The minimum absolute atomic E-state index is 0.214. The Morgan fingerprint density at radius 2 is 2.17 bits per heavy atom. The van der Waals surface area contributed by atoms with E-state index in [1.165, 1.54) is 9.58 Å². The van der Waals surface area contributed by atoms with Gasteiger partial charge >= 0.3 is 5.97 Å². The number of pyridine rings is 1. The molecule has 1 saturated heterocycles. The number of hydrogen-bond acceptors (Lipinski definition) is 6. The molecule has 0 aliphatic carbocycles. The number of hydrogen-bond donors (Lipinski definition) is 2. The molecule has 1 aromatic heterocycles. The number of carboxylic acid groups (broad SMARTS) is 1. The molecule has 1 amide bonds. The summed E-state index contributed by atoms with van der Waals surface area (Å²) in [5, 5.41) is 20.6. The zero-order chi connectivity index (χ0) is 16.7. The molecular formula is C14H17N3O6. The lowest BCUT2D eigenvalue weighted by Crippen LogP contribution is -2.53. The molecule has 1 aromatic rings. The summed E-state index contributed by atoms with van der Waals surface area (Å²) in [5.74, 6) is -2.58. The molecule has 3 rings (SSSR count). The van der Waals surface area contributed by atoms with Gasteiger partial charge in [0.25, 0.3) is 5.91 Å². The predicted molar refractivity (Wildman–Crippen MR) is 78.3 cm³/mol. The Morgan fingerprint density at radius 3 is 2.78 bits per heavy atom. The zero-order valence-corrected chi connectivity index (χ0v) is 12.6. The van der Waals surface area contributed by atoms with E-state index in [0.717, 1.165) is 12.6 Å². The van der Waals surface area contributed by atoms with Crippen molar-refractivity contribution in [3.63, 3.8) is 0 Å². The molecule has 1 fully saturated rings. The maximum Gasteiger partial charge on any atom is 0.341 e. The van der Waals surface area contributed by atoms with Crippen LogP contribution < -0.4 is 10.4 Å². The molecule has 124 valence electrons. The molecule has 9 heteroatoms. The molecule has 2 N–H and O–H groups in total. The van der Waals surface area contributed by atoms with Gasteiger partial charge in [-0.1, -0.05) is 0 Å². The molecule has 1 unspecified atom stereocenters. The highest BCUT2D eigenvalue weighted by molar-refractivity contribution is 5.97. The Bertz CT molecular complexity index is 722. The molecule has 2 aliphatic rings. The molecule has 2 aliphatic heterocycles. The standard InChI is InChI=1S/C14H17N3O6/c1-15-7-16(4-8-2-3-23-6-8)13(20)10-12(19)11(18)9(14(21)22)5-17(10)15/h5,8,19H,2-4,6-7H2,1H3,(H,21,22). The summed E-state index contributed by atoms with van der Waals surface area (Å²) >= 11 is 0. The summed E-state index contributed by atoms with van der Waals surface area (Å²) in [4.78, 5) is 37.1. The quantitative estimate of drug-likeness (QED) is 0.754. The summed E-state index contributed by atoms with van der Waals surface area (Å²) in [5.41, 5.74) is -1.85. The molecule has 0 aromatic carbocycles. The van der Waals surface area contributed by atoms with E-state index in [1.807, 2.05) is 0 Å². The topological polar surface area (TPSA) is 112 Å². The lowest BCUT2D eigenvalue weighted by atomic mass is 10.1. The van der Waals surface area contributed by atoms with E-state index in [2.05, 4.69) is 0 Å². The number of aromatic carboxylic acids is 1. The number of carboxylic acids is 1. The van der Waals surface area contributed by atoms with Crippen molar-refractivity contribution in [2.75, 3.05) is 38.5 Å². The van der Waals surface area contributed by atoms with E-state index in [0.29, 0.717) is 19.8 Å². The van der Waals surface area contributed by atoms with Crippen LogP contribution in [0.25, 0.3) is 0 Å². The molecule has 0 radical (unpaired) electrons. The van der Waals surface area contributed by atoms with Crippen molar-refractivity contribution in [1.82, 2.24) is 9.58 Å². The normalized spacial score (nSPS) is 20.7. The van der Waals surface area contributed by atoms with Crippen LogP contribution in [0, 0.1) is 5.92 Å². The van der Waals surface area contributed by atoms with Gasteiger partial charge in [-0.05, 0) is 6.42 Å². The first-order chi connectivity index (χ1) is 10.9. The summed E-state index contributed by atoms with van der Waals surface area (Å²) in [6, 6.07) is 0. The number of nitrogens with zero attached hydrogens (tertiary/aromatic N) is 3. The third-order valence-corrected chi connectivity index (χ3v) is 4.13. The second-order valence-corrected chi connectivity index (χ2v) is 5.78. The number of fused-ring (bicyclic) bond motifs is 1. The zero-order valence-electron chi connectivity index (χ0n) is 12.6. The van der Waals surface area contributed by atoms with Gasteiger partial charge in [0.05, 0.1) is 6.61 Å². The maximum atomic E-state index is 12.6. The lowest BCUT2D eigenvalue weighted by Gasteiger charge is -2.38. The first kappa shape index (κ1) is 15.3. The number of rotatable bonds is 3. The van der Waals surface area contributed by atoms with Gasteiger partial charge in [0, 0.05) is 32.3 Å². The van der Waals surface area contributed by atoms with Gasteiger partial charge in [-0.15, -0.1) is 0 Å². The van der Waals surface area contributed by atoms with E-state index < -0.39 is 28.6 Å². The SMILES string of the molecule is CN1CN(CC2CCOC2)C(=O)c2c(O)c(=O)c(C(=O)O)cn21. The number of ether oxygens (including phenoxy) is 1. The minimum atomic E-state index is -1.45. The third-order valence-electron chi connectivity index (χ3n) is 4.13. The Kier molecular flexibility index (Phi) is 3.72. The number of carbonyl (C=O) groups excluding carboxylic acids is 1. The van der Waals surface area contributed by atoms with Crippen LogP contribution in [0.5, 0.6) is 5.75 Å². The van der Waals surface area contributed by atoms with Gasteiger partial charge < -0.3 is 19.8 Å². The second kappa shape index (κ2) is 5.58. The average Bonchev–Trinajstić information content (AvgIpc) is 2.99. The fraction of sp³-hybridized carbons (Fsp3) is 0.500. The highest BCUT2D eigenvalue weighted by Crippen LogP contribution is 2.23. The Balaban J connectivity index is 2.00. The van der Waals surface area contributed by atoms with Crippen molar-refractivity contribution in [2.24, 2.45) is 5.92 Å². The molecule has 0 saturated carbocycles. The van der Waals surface area contributed by atoms with Crippen molar-refractivity contribution < 1.29 is 24.5 Å². The first-order valence-corrected chi connectivity index (χ1v) is 7.20. The first-order valence-electron chi connectivity index (χ1n) is 7.20. The average molecular weight is 323 g/mol. The van der Waals surface area contributed by atoms with Crippen LogP contribution in [-0.4, -0.2) is 65.1 Å². The Labute approximate surface area is 131 Å². The maximum absolute atomic E-state index is 12.6. The summed E-state index contributed by atoms with van der Waals surface area (Å²) in [7, 11) is 1.64. The van der Waals surface area contributed by atoms with Crippen LogP contribution in [0.15, 0.2) is 11.0 Å². The van der Waals surface area contributed by atoms with E-state index in [9.17, 15) is 19.5 Å². The summed E-state index contributed by atoms with van der Waals surface area (Å²) in [6.45, 7) is 1.91. The van der Waals surface area contributed by atoms with Gasteiger partial charge in [0.1, 0.15) is 12.2 Å². The Hall–Kier alpha value is -2.55. The number of aromatic hydroxyl groups is 1. The van der Waals surface area contributed by atoms with E-state index >= 15 is 0 Å². The van der Waals surface area contributed by atoms with Crippen molar-refractivity contribution in [1.29, 1.82) is 0 Å². The molecule has 0 spiro atoms. The lowest BCUT2D eigenvalue weighted by molar-refractivity contribution is 0.0643. The van der Waals surface area contributed by atoms with Gasteiger partial charge in [-0.25, -0.2) is 4.79 Å². The molecule has 0 bridgehead atoms. The largest absolute Gasteiger partial charge is 0.502 e. The van der Waals surface area contributed by atoms with E-state index in [4.69, 9.17) is 9.84 Å². The van der Waals surface area contributed by atoms with Crippen LogP contribution in [0.2, 0.25) is 0 Å². The Morgan fingerprint density at radius 1 is 1.43 bits per heavy atom. The summed E-state index contributed by atoms with van der Waals surface area (Å²) in [6.07, 6.45) is 1.91. The number of carbonyl (C=O) groups is 2. The van der Waals surface area contributed by atoms with Crippen molar-refractivity contribution >= 4 is 11.9 Å². The van der Waals surface area contributed by atoms with Crippen LogP contribution in [-0.2, 0) is 4.74 Å². The van der Waals surface area contributed by atoms with E-state index in [1.54, 1.807) is 12.1 Å². The number of aromatic nitrogens is 1. The van der Waals surface area contributed by atoms with Gasteiger partial charge in [-0.3, -0.25) is 19.3 Å². The van der Waals surface area contributed by atoms with Crippen LogP contribution in [0.3, 0.4) is 0 Å². The third kappa shape index (κ3) is 2.52. The van der Waals surface area contributed by atoms with Crippen molar-refractivity contribution in [3.8, 4) is 5.75 Å². The minimum Gasteiger partial charge on any atom is -0.502 e. The molecule has 23 heavy (non-hydrogen) atoms. The highest BCUT2D eigenvalue weighted by Gasteiger charge is 2.34.